The summed E-state index contributed by atoms with van der Waals surface area (Å²) in [6.45, 7) is 6.46. The maximum Gasteiger partial charge on any atom is 0.0950 e. The maximum absolute atomic E-state index is 5.10. The lowest BCUT2D eigenvalue weighted by Crippen LogP contribution is -2.22. The molecule has 2 aromatic rings. The largest absolute Gasteiger partial charge is 0.472 e. The highest BCUT2D eigenvalue weighted by Gasteiger charge is 2.11. The van der Waals surface area contributed by atoms with Crippen LogP contribution in [0.1, 0.15) is 42.6 Å². The molecule has 0 amide bonds. The van der Waals surface area contributed by atoms with Gasteiger partial charge in [-0.15, -0.1) is 0 Å². The molecular weight excluding hydrogens is 210 g/mol. The second kappa shape index (κ2) is 5.19. The van der Waals surface area contributed by atoms with E-state index >= 15 is 0 Å². The molecule has 0 aliphatic rings. The van der Waals surface area contributed by atoms with E-state index in [0.29, 0.717) is 12.1 Å². The molecular formula is C15H19NO. The van der Waals surface area contributed by atoms with Crippen molar-refractivity contribution in [2.24, 2.45) is 0 Å². The highest BCUT2D eigenvalue weighted by atomic mass is 16.3. The van der Waals surface area contributed by atoms with E-state index in [1.807, 2.05) is 6.07 Å². The molecule has 1 aromatic carbocycles. The minimum atomic E-state index is 0.296. The van der Waals surface area contributed by atoms with E-state index in [2.05, 4.69) is 50.4 Å². The van der Waals surface area contributed by atoms with Crippen LogP contribution in [0.15, 0.2) is 47.3 Å². The highest BCUT2D eigenvalue weighted by molar-refractivity contribution is 5.25. The van der Waals surface area contributed by atoms with Gasteiger partial charge in [-0.1, -0.05) is 29.8 Å². The van der Waals surface area contributed by atoms with E-state index in [1.54, 1.807) is 12.5 Å². The summed E-state index contributed by atoms with van der Waals surface area (Å²) in [5.74, 6) is 0. The quantitative estimate of drug-likeness (QED) is 0.857. The summed E-state index contributed by atoms with van der Waals surface area (Å²) in [6, 6.07) is 11.2. The van der Waals surface area contributed by atoms with Crippen LogP contribution in [-0.4, -0.2) is 0 Å². The average molecular weight is 229 g/mol. The second-order valence-electron chi connectivity index (χ2n) is 4.58. The number of nitrogens with one attached hydrogen (secondary N) is 1. The van der Waals surface area contributed by atoms with Crippen molar-refractivity contribution in [3.8, 4) is 0 Å². The zero-order valence-corrected chi connectivity index (χ0v) is 10.6. The molecule has 2 atom stereocenters. The Kier molecular flexibility index (Phi) is 3.64. The Hall–Kier alpha value is -1.54. The first-order valence-corrected chi connectivity index (χ1v) is 6.01. The Morgan fingerprint density at radius 1 is 1.06 bits per heavy atom. The van der Waals surface area contributed by atoms with Crippen molar-refractivity contribution in [2.45, 2.75) is 32.9 Å². The number of aryl methyl sites for hydroxylation is 1. The fourth-order valence-electron chi connectivity index (χ4n) is 2.03. The van der Waals surface area contributed by atoms with Crippen LogP contribution >= 0.6 is 0 Å². The standard InChI is InChI=1S/C15H19NO/c1-11-5-4-6-14(9-11)12(2)16-13(3)15-7-8-17-10-15/h4-10,12-13,16H,1-3H3/t12-,13?/m1/s1. The van der Waals surface area contributed by atoms with Gasteiger partial charge < -0.3 is 9.73 Å². The van der Waals surface area contributed by atoms with Crippen LogP contribution < -0.4 is 5.32 Å². The molecule has 1 unspecified atom stereocenters. The van der Waals surface area contributed by atoms with Crippen molar-refractivity contribution >= 4 is 0 Å². The lowest BCUT2D eigenvalue weighted by Gasteiger charge is -2.19. The number of rotatable bonds is 4. The molecule has 2 nitrogen and oxygen atoms in total. The second-order valence-corrected chi connectivity index (χ2v) is 4.58. The van der Waals surface area contributed by atoms with Crippen LogP contribution in [0, 0.1) is 6.92 Å². The zero-order chi connectivity index (χ0) is 12.3. The van der Waals surface area contributed by atoms with Gasteiger partial charge in [-0.2, -0.15) is 0 Å². The minimum Gasteiger partial charge on any atom is -0.472 e. The van der Waals surface area contributed by atoms with Crippen LogP contribution in [0.4, 0.5) is 0 Å². The predicted octanol–water partition coefficient (Wildman–Crippen LogP) is 4.00. The van der Waals surface area contributed by atoms with Crippen molar-refractivity contribution in [1.29, 1.82) is 0 Å². The normalized spacial score (nSPS) is 14.5. The molecule has 2 rings (SSSR count). The van der Waals surface area contributed by atoms with Crippen LogP contribution in [0.25, 0.3) is 0 Å². The Bertz CT molecular complexity index is 462. The Morgan fingerprint density at radius 2 is 1.82 bits per heavy atom. The molecule has 0 saturated heterocycles. The van der Waals surface area contributed by atoms with Gasteiger partial charge in [0.05, 0.1) is 12.5 Å². The van der Waals surface area contributed by atoms with Gasteiger partial charge in [0.15, 0.2) is 0 Å². The fourth-order valence-corrected chi connectivity index (χ4v) is 2.03. The topological polar surface area (TPSA) is 25.2 Å². The van der Waals surface area contributed by atoms with Gasteiger partial charge in [-0.3, -0.25) is 0 Å². The first-order chi connectivity index (χ1) is 8.16. The van der Waals surface area contributed by atoms with Crippen molar-refractivity contribution < 1.29 is 4.42 Å². The molecule has 0 radical (unpaired) electrons. The minimum absolute atomic E-state index is 0.296. The average Bonchev–Trinajstić information content (AvgIpc) is 2.82. The first kappa shape index (κ1) is 11.9. The summed E-state index contributed by atoms with van der Waals surface area (Å²) in [4.78, 5) is 0. The molecule has 0 bridgehead atoms. The molecule has 17 heavy (non-hydrogen) atoms. The van der Waals surface area contributed by atoms with E-state index in [-0.39, 0.29) is 0 Å². The molecule has 0 aliphatic carbocycles. The lowest BCUT2D eigenvalue weighted by molar-refractivity contribution is 0.486. The molecule has 0 aliphatic heterocycles. The Balaban J connectivity index is 2.04. The van der Waals surface area contributed by atoms with E-state index in [1.165, 1.54) is 16.7 Å². The van der Waals surface area contributed by atoms with Gasteiger partial charge in [0.1, 0.15) is 0 Å². The lowest BCUT2D eigenvalue weighted by atomic mass is 10.0. The van der Waals surface area contributed by atoms with Crippen LogP contribution in [0.5, 0.6) is 0 Å². The Morgan fingerprint density at radius 3 is 2.47 bits per heavy atom. The van der Waals surface area contributed by atoms with Gasteiger partial charge in [-0.05, 0) is 32.4 Å². The maximum atomic E-state index is 5.10. The SMILES string of the molecule is Cc1cccc([C@@H](C)NC(C)c2ccoc2)c1. The zero-order valence-electron chi connectivity index (χ0n) is 10.6. The Labute approximate surface area is 103 Å². The molecule has 0 saturated carbocycles. The van der Waals surface area contributed by atoms with Gasteiger partial charge in [0, 0.05) is 17.6 Å². The number of furan rings is 1. The van der Waals surface area contributed by atoms with E-state index in [4.69, 9.17) is 4.42 Å². The van der Waals surface area contributed by atoms with Crippen LogP contribution in [0.2, 0.25) is 0 Å². The molecule has 0 fully saturated rings. The summed E-state index contributed by atoms with van der Waals surface area (Å²) in [5, 5.41) is 3.57. The first-order valence-electron chi connectivity index (χ1n) is 6.01. The third kappa shape index (κ3) is 2.98. The summed E-state index contributed by atoms with van der Waals surface area (Å²) in [5.41, 5.74) is 3.80. The summed E-state index contributed by atoms with van der Waals surface area (Å²) in [7, 11) is 0. The van der Waals surface area contributed by atoms with Gasteiger partial charge in [0.2, 0.25) is 0 Å². The van der Waals surface area contributed by atoms with Crippen molar-refractivity contribution in [3.05, 3.63) is 59.5 Å². The molecule has 90 valence electrons. The summed E-state index contributed by atoms with van der Waals surface area (Å²) in [6.07, 6.45) is 3.51. The van der Waals surface area contributed by atoms with E-state index in [0.717, 1.165) is 0 Å². The van der Waals surface area contributed by atoms with Crippen LogP contribution in [-0.2, 0) is 0 Å². The monoisotopic (exact) mass is 229 g/mol. The van der Waals surface area contributed by atoms with Crippen molar-refractivity contribution in [2.75, 3.05) is 0 Å². The van der Waals surface area contributed by atoms with E-state index in [9.17, 15) is 0 Å². The predicted molar refractivity (Wildman–Crippen MR) is 69.9 cm³/mol. The number of benzene rings is 1. The molecule has 2 heteroatoms. The fraction of sp³-hybridized carbons (Fsp3) is 0.333. The van der Waals surface area contributed by atoms with Crippen molar-refractivity contribution in [1.82, 2.24) is 5.32 Å². The highest BCUT2D eigenvalue weighted by Crippen LogP contribution is 2.20. The third-order valence-corrected chi connectivity index (χ3v) is 3.09. The molecule has 1 heterocycles. The van der Waals surface area contributed by atoms with Gasteiger partial charge in [0.25, 0.3) is 0 Å². The van der Waals surface area contributed by atoms with Crippen molar-refractivity contribution in [3.63, 3.8) is 0 Å². The van der Waals surface area contributed by atoms with Crippen LogP contribution in [0.3, 0.4) is 0 Å². The number of hydrogen-bond acceptors (Lipinski definition) is 2. The molecule has 1 N–H and O–H groups in total. The smallest absolute Gasteiger partial charge is 0.0950 e. The third-order valence-electron chi connectivity index (χ3n) is 3.09. The van der Waals surface area contributed by atoms with Gasteiger partial charge >= 0.3 is 0 Å². The van der Waals surface area contributed by atoms with Gasteiger partial charge in [-0.25, -0.2) is 0 Å². The summed E-state index contributed by atoms with van der Waals surface area (Å²) >= 11 is 0. The molecule has 0 spiro atoms. The summed E-state index contributed by atoms with van der Waals surface area (Å²) < 4.78 is 5.10. The van der Waals surface area contributed by atoms with E-state index < -0.39 is 0 Å². The number of hydrogen-bond donors (Lipinski definition) is 1. The molecule has 1 aromatic heterocycles.